The Balaban J connectivity index is 2.38. The maximum Gasteiger partial charge on any atom is 0.208 e. The van der Waals surface area contributed by atoms with E-state index in [4.69, 9.17) is 23.2 Å². The molecule has 1 aromatic carbocycles. The lowest BCUT2D eigenvalue weighted by atomic mass is 10.3. The zero-order valence-electron chi connectivity index (χ0n) is 11.2. The van der Waals surface area contributed by atoms with Gasteiger partial charge >= 0.3 is 0 Å². The third-order valence-corrected chi connectivity index (χ3v) is 4.09. The summed E-state index contributed by atoms with van der Waals surface area (Å²) in [5.41, 5.74) is 1.12. The van der Waals surface area contributed by atoms with Crippen LogP contribution >= 0.6 is 23.2 Å². The van der Waals surface area contributed by atoms with E-state index in [0.29, 0.717) is 35.7 Å². The molecule has 0 amide bonds. The molecule has 0 fully saturated rings. The molecule has 0 unspecified atom stereocenters. The molecule has 2 aromatic rings. The Hall–Kier alpha value is -0.890. The highest BCUT2D eigenvalue weighted by Gasteiger charge is 2.13. The summed E-state index contributed by atoms with van der Waals surface area (Å²) in [6.45, 7) is 0.562. The third kappa shape index (κ3) is 4.06. The van der Waals surface area contributed by atoms with Crippen molar-refractivity contribution in [3.05, 3.63) is 28.8 Å². The first-order chi connectivity index (χ1) is 9.81. The summed E-state index contributed by atoms with van der Waals surface area (Å²) < 4.78 is 39.9. The van der Waals surface area contributed by atoms with E-state index in [1.807, 2.05) is 0 Å². The molecule has 1 N–H and O–H groups in total. The number of imidazole rings is 1. The molecule has 5 nitrogen and oxygen atoms in total. The van der Waals surface area contributed by atoms with Crippen molar-refractivity contribution < 1.29 is 12.8 Å². The topological polar surface area (TPSA) is 64.0 Å². The number of nitrogens with one attached hydrogen (secondary N) is 1. The normalized spacial score (nSPS) is 12.2. The number of fused-ring (bicyclic) bond motifs is 1. The first-order valence-corrected chi connectivity index (χ1v) is 8.97. The van der Waals surface area contributed by atoms with Crippen LogP contribution in [0.25, 0.3) is 11.0 Å². The van der Waals surface area contributed by atoms with Crippen molar-refractivity contribution in [1.82, 2.24) is 14.3 Å². The number of aryl methyl sites for hydroxylation is 1. The van der Waals surface area contributed by atoms with Crippen LogP contribution in [0.3, 0.4) is 0 Å². The quantitative estimate of drug-likeness (QED) is 0.809. The number of hydrogen-bond donors (Lipinski definition) is 1. The van der Waals surface area contributed by atoms with Gasteiger partial charge in [-0.25, -0.2) is 22.5 Å². The summed E-state index contributed by atoms with van der Waals surface area (Å²) in [7, 11) is -3.27. The second-order valence-corrected chi connectivity index (χ2v) is 7.16. The molecule has 116 valence electrons. The summed E-state index contributed by atoms with van der Waals surface area (Å²) in [6.07, 6.45) is 1.58. The first kappa shape index (κ1) is 16.5. The molecule has 0 spiro atoms. The Kier molecular flexibility index (Phi) is 5.08. The van der Waals surface area contributed by atoms with Gasteiger partial charge in [0.1, 0.15) is 11.6 Å². The number of benzene rings is 1. The number of aromatic nitrogens is 2. The first-order valence-electron chi connectivity index (χ1n) is 6.16. The number of rotatable bonds is 6. The van der Waals surface area contributed by atoms with Gasteiger partial charge in [0.05, 0.1) is 22.3 Å². The van der Waals surface area contributed by atoms with E-state index in [1.54, 1.807) is 4.57 Å². The Morgan fingerprint density at radius 3 is 2.76 bits per heavy atom. The highest BCUT2D eigenvalue weighted by molar-refractivity contribution is 7.88. The lowest BCUT2D eigenvalue weighted by molar-refractivity contribution is 0.577. The van der Waals surface area contributed by atoms with Crippen molar-refractivity contribution in [2.45, 2.75) is 13.0 Å². The smallest absolute Gasteiger partial charge is 0.208 e. The van der Waals surface area contributed by atoms with E-state index >= 15 is 0 Å². The van der Waals surface area contributed by atoms with Gasteiger partial charge in [-0.3, -0.25) is 0 Å². The molecule has 1 heterocycles. The van der Waals surface area contributed by atoms with Crippen molar-refractivity contribution >= 4 is 44.3 Å². The van der Waals surface area contributed by atoms with Gasteiger partial charge in [-0.1, -0.05) is 11.6 Å². The molecular weight excluding hydrogens is 340 g/mol. The summed E-state index contributed by atoms with van der Waals surface area (Å²) in [5.74, 6) is 0.483. The number of nitrogens with zero attached hydrogens (tertiary/aromatic N) is 2. The maximum atomic E-state index is 13.5. The lowest BCUT2D eigenvalue weighted by Crippen LogP contribution is -2.26. The lowest BCUT2D eigenvalue weighted by Gasteiger charge is -2.09. The Morgan fingerprint density at radius 2 is 2.14 bits per heavy atom. The van der Waals surface area contributed by atoms with Crippen LogP contribution in [-0.4, -0.2) is 36.6 Å². The van der Waals surface area contributed by atoms with Gasteiger partial charge in [-0.05, 0) is 6.07 Å². The zero-order valence-corrected chi connectivity index (χ0v) is 13.6. The highest BCUT2D eigenvalue weighted by atomic mass is 35.5. The highest BCUT2D eigenvalue weighted by Crippen LogP contribution is 2.24. The van der Waals surface area contributed by atoms with Crippen molar-refractivity contribution in [2.75, 3.05) is 18.7 Å². The van der Waals surface area contributed by atoms with Gasteiger partial charge in [0.25, 0.3) is 0 Å². The molecule has 0 atom stereocenters. The van der Waals surface area contributed by atoms with Crippen LogP contribution in [-0.2, 0) is 23.0 Å². The molecule has 0 saturated heterocycles. The Bertz CT molecular complexity index is 761. The van der Waals surface area contributed by atoms with E-state index < -0.39 is 15.8 Å². The third-order valence-electron chi connectivity index (χ3n) is 2.89. The molecule has 0 aliphatic heterocycles. The van der Waals surface area contributed by atoms with Crippen LogP contribution in [0.2, 0.25) is 5.02 Å². The number of alkyl halides is 1. The predicted octanol–water partition coefficient (Wildman–Crippen LogP) is 2.16. The summed E-state index contributed by atoms with van der Waals surface area (Å²) in [4.78, 5) is 4.32. The van der Waals surface area contributed by atoms with Crippen LogP contribution in [0.15, 0.2) is 12.1 Å². The standard InChI is InChI=1S/C12H14Cl2FN3O2S/c1-21(19,20)16-4-5-18-11-6-8(14)9(15)7-10(11)17-12(18)2-3-13/h6-7,16H,2-5H2,1H3. The SMILES string of the molecule is CS(=O)(=O)NCCn1c(CCCl)nc2cc(F)c(Cl)cc21. The maximum absolute atomic E-state index is 13.5. The van der Waals surface area contributed by atoms with Crippen LogP contribution in [0, 0.1) is 5.82 Å². The fourth-order valence-corrected chi connectivity index (χ4v) is 2.83. The fourth-order valence-electron chi connectivity index (χ4n) is 2.04. The molecule has 1 aromatic heterocycles. The van der Waals surface area contributed by atoms with Gasteiger partial charge in [0, 0.05) is 31.5 Å². The summed E-state index contributed by atoms with van der Waals surface area (Å²) in [6, 6.07) is 2.74. The van der Waals surface area contributed by atoms with Gasteiger partial charge in [0.15, 0.2) is 0 Å². The van der Waals surface area contributed by atoms with Gasteiger partial charge in [0.2, 0.25) is 10.0 Å². The van der Waals surface area contributed by atoms with E-state index in [2.05, 4.69) is 9.71 Å². The fraction of sp³-hybridized carbons (Fsp3) is 0.417. The van der Waals surface area contributed by atoms with Crippen LogP contribution < -0.4 is 4.72 Å². The van der Waals surface area contributed by atoms with Crippen LogP contribution in [0.4, 0.5) is 4.39 Å². The molecule has 0 aliphatic carbocycles. The number of sulfonamides is 1. The number of halogens is 3. The number of hydrogen-bond acceptors (Lipinski definition) is 3. The molecule has 2 rings (SSSR count). The minimum Gasteiger partial charge on any atom is -0.327 e. The van der Waals surface area contributed by atoms with E-state index in [0.717, 1.165) is 6.26 Å². The zero-order chi connectivity index (χ0) is 15.6. The summed E-state index contributed by atoms with van der Waals surface area (Å²) >= 11 is 11.5. The minimum atomic E-state index is -3.27. The van der Waals surface area contributed by atoms with E-state index in [1.165, 1.54) is 12.1 Å². The van der Waals surface area contributed by atoms with E-state index in [-0.39, 0.29) is 11.6 Å². The van der Waals surface area contributed by atoms with Crippen molar-refractivity contribution in [3.8, 4) is 0 Å². The van der Waals surface area contributed by atoms with Crippen LogP contribution in [0.1, 0.15) is 5.82 Å². The molecule has 0 bridgehead atoms. The van der Waals surface area contributed by atoms with Gasteiger partial charge < -0.3 is 4.57 Å². The second-order valence-electron chi connectivity index (χ2n) is 4.54. The molecule has 0 saturated carbocycles. The van der Waals surface area contributed by atoms with Crippen LogP contribution in [0.5, 0.6) is 0 Å². The van der Waals surface area contributed by atoms with Crippen molar-refractivity contribution in [2.24, 2.45) is 0 Å². The molecular formula is C12H14Cl2FN3O2S. The molecule has 0 aliphatic rings. The van der Waals surface area contributed by atoms with Crippen molar-refractivity contribution in [1.29, 1.82) is 0 Å². The average molecular weight is 354 g/mol. The molecule has 9 heteroatoms. The van der Waals surface area contributed by atoms with Gasteiger partial charge in [-0.2, -0.15) is 0 Å². The van der Waals surface area contributed by atoms with Gasteiger partial charge in [-0.15, -0.1) is 11.6 Å². The molecule has 0 radical (unpaired) electrons. The monoisotopic (exact) mass is 353 g/mol. The summed E-state index contributed by atoms with van der Waals surface area (Å²) in [5, 5.41) is -0.00264. The largest absolute Gasteiger partial charge is 0.327 e. The predicted molar refractivity (Wildman–Crippen MR) is 82.0 cm³/mol. The Labute approximate surface area is 132 Å². The van der Waals surface area contributed by atoms with E-state index in [9.17, 15) is 12.8 Å². The second kappa shape index (κ2) is 6.48. The van der Waals surface area contributed by atoms with Crippen molar-refractivity contribution in [3.63, 3.8) is 0 Å². The Morgan fingerprint density at radius 1 is 1.43 bits per heavy atom. The average Bonchev–Trinajstić information content (AvgIpc) is 2.67. The minimum absolute atomic E-state index is 0.00264. The molecule has 21 heavy (non-hydrogen) atoms.